The van der Waals surface area contributed by atoms with Crippen molar-refractivity contribution in [3.05, 3.63) is 51.0 Å². The normalized spacial score (nSPS) is 14.8. The van der Waals surface area contributed by atoms with Crippen molar-refractivity contribution >= 4 is 38.0 Å². The number of aromatic nitrogens is 4. The van der Waals surface area contributed by atoms with Crippen LogP contribution in [0, 0.1) is 6.92 Å². The Morgan fingerprint density at radius 3 is 2.41 bits per heavy atom. The molecule has 1 aliphatic rings. The molecule has 3 aromatic rings. The first-order valence-electron chi connectivity index (χ1n) is 11.1. The van der Waals surface area contributed by atoms with Gasteiger partial charge in [0.25, 0.3) is 0 Å². The number of pyridine rings is 1. The van der Waals surface area contributed by atoms with E-state index in [0.29, 0.717) is 24.7 Å². The molecule has 1 fully saturated rings. The number of piperidine rings is 1. The van der Waals surface area contributed by atoms with Crippen molar-refractivity contribution in [2.75, 3.05) is 13.1 Å². The van der Waals surface area contributed by atoms with Crippen LogP contribution >= 0.6 is 31.9 Å². The van der Waals surface area contributed by atoms with Crippen LogP contribution in [0.25, 0.3) is 11.4 Å². The molecule has 3 heterocycles. The van der Waals surface area contributed by atoms with Crippen molar-refractivity contribution in [3.63, 3.8) is 0 Å². The highest BCUT2D eigenvalue weighted by Crippen LogP contribution is 2.32. The average Bonchev–Trinajstić information content (AvgIpc) is 3.13. The number of amides is 1. The average molecular weight is 593 g/mol. The summed E-state index contributed by atoms with van der Waals surface area (Å²) >= 11 is 6.96. The quantitative estimate of drug-likeness (QED) is 0.342. The van der Waals surface area contributed by atoms with E-state index < -0.39 is 5.60 Å². The molecule has 10 heteroatoms. The highest BCUT2D eigenvalue weighted by atomic mass is 79.9. The van der Waals surface area contributed by atoms with Gasteiger partial charge in [-0.1, -0.05) is 43.1 Å². The molecule has 0 spiro atoms. The molecule has 1 saturated heterocycles. The van der Waals surface area contributed by atoms with Crippen molar-refractivity contribution in [2.45, 2.75) is 52.2 Å². The summed E-state index contributed by atoms with van der Waals surface area (Å²) in [4.78, 5) is 18.9. The molecule has 0 radical (unpaired) electrons. The summed E-state index contributed by atoms with van der Waals surface area (Å²) in [6.45, 7) is 8.76. The van der Waals surface area contributed by atoms with Gasteiger partial charge in [0.05, 0.1) is 17.4 Å². The van der Waals surface area contributed by atoms with E-state index in [2.05, 4.69) is 42.2 Å². The van der Waals surface area contributed by atoms with Crippen LogP contribution < -0.4 is 4.74 Å². The molecule has 8 nitrogen and oxygen atoms in total. The summed E-state index contributed by atoms with van der Waals surface area (Å²) in [7, 11) is 0. The van der Waals surface area contributed by atoms with Crippen LogP contribution in [0.3, 0.4) is 0 Å². The van der Waals surface area contributed by atoms with Crippen LogP contribution in [0.15, 0.2) is 45.3 Å². The Hall–Kier alpha value is -2.46. The van der Waals surface area contributed by atoms with Crippen molar-refractivity contribution in [2.24, 2.45) is 0 Å². The largest absolute Gasteiger partial charge is 0.444 e. The monoisotopic (exact) mass is 591 g/mol. The summed E-state index contributed by atoms with van der Waals surface area (Å²) in [5.41, 5.74) is 1.89. The molecule has 1 amide bonds. The second kappa shape index (κ2) is 10.0. The topological polar surface area (TPSA) is 82.4 Å². The first-order valence-corrected chi connectivity index (χ1v) is 12.7. The fourth-order valence-electron chi connectivity index (χ4n) is 3.86. The Bertz CT molecular complexity index is 1160. The number of benzene rings is 1. The van der Waals surface area contributed by atoms with E-state index in [0.717, 1.165) is 38.9 Å². The van der Waals surface area contributed by atoms with Crippen molar-refractivity contribution < 1.29 is 14.3 Å². The van der Waals surface area contributed by atoms with Crippen LogP contribution in [-0.2, 0) is 4.74 Å². The summed E-state index contributed by atoms with van der Waals surface area (Å²) < 4.78 is 15.3. The lowest BCUT2D eigenvalue weighted by atomic mass is 10.0. The number of nitrogens with zero attached hydrogens (tertiary/aromatic N) is 5. The third kappa shape index (κ3) is 5.96. The van der Waals surface area contributed by atoms with Gasteiger partial charge >= 0.3 is 6.09 Å². The Morgan fingerprint density at radius 2 is 1.76 bits per heavy atom. The maximum atomic E-state index is 12.4. The number of hydrogen-bond acceptors (Lipinski definition) is 6. The van der Waals surface area contributed by atoms with E-state index in [-0.39, 0.29) is 12.1 Å². The molecular weight excluding hydrogens is 566 g/mol. The number of carbonyl (C=O) groups is 1. The highest BCUT2D eigenvalue weighted by Gasteiger charge is 2.30. The summed E-state index contributed by atoms with van der Waals surface area (Å²) in [6.07, 6.45) is 1.25. The number of hydrogen-bond donors (Lipinski definition) is 0. The lowest BCUT2D eigenvalue weighted by Gasteiger charge is -2.33. The molecule has 0 saturated carbocycles. The molecule has 0 unspecified atom stereocenters. The van der Waals surface area contributed by atoms with Gasteiger partial charge in [0, 0.05) is 28.1 Å². The van der Waals surface area contributed by atoms with Crippen LogP contribution in [0.5, 0.6) is 11.6 Å². The molecule has 4 rings (SSSR count). The Labute approximate surface area is 215 Å². The predicted molar refractivity (Wildman–Crippen MR) is 136 cm³/mol. The van der Waals surface area contributed by atoms with Crippen LogP contribution in [0.2, 0.25) is 0 Å². The van der Waals surface area contributed by atoms with Gasteiger partial charge in [0.2, 0.25) is 5.88 Å². The van der Waals surface area contributed by atoms with E-state index in [1.807, 2.05) is 68.8 Å². The Balaban J connectivity index is 1.51. The summed E-state index contributed by atoms with van der Waals surface area (Å²) in [5, 5.41) is 8.74. The molecule has 0 atom stereocenters. The van der Waals surface area contributed by atoms with Gasteiger partial charge in [0.15, 0.2) is 0 Å². The van der Waals surface area contributed by atoms with Gasteiger partial charge in [-0.2, -0.15) is 0 Å². The number of rotatable bonds is 4. The minimum atomic E-state index is -0.505. The third-order valence-corrected chi connectivity index (χ3v) is 6.27. The van der Waals surface area contributed by atoms with Crippen LogP contribution in [-0.4, -0.2) is 49.7 Å². The predicted octanol–water partition coefficient (Wildman–Crippen LogP) is 6.54. The number of halogens is 2. The molecule has 0 aliphatic carbocycles. The number of carbonyl (C=O) groups excluding carboxylic acids is 1. The van der Waals surface area contributed by atoms with Gasteiger partial charge in [-0.15, -0.1) is 5.10 Å². The molecule has 34 heavy (non-hydrogen) atoms. The van der Waals surface area contributed by atoms with Gasteiger partial charge in [-0.3, -0.25) is 0 Å². The molecular formula is C24H27Br2N5O3. The van der Waals surface area contributed by atoms with Gasteiger partial charge in [-0.25, -0.2) is 14.5 Å². The van der Waals surface area contributed by atoms with Gasteiger partial charge in [0.1, 0.15) is 17.0 Å². The molecule has 180 valence electrons. The second-order valence-electron chi connectivity index (χ2n) is 9.23. The minimum Gasteiger partial charge on any atom is -0.444 e. The Kier molecular flexibility index (Phi) is 7.28. The van der Waals surface area contributed by atoms with Gasteiger partial charge < -0.3 is 14.4 Å². The summed E-state index contributed by atoms with van der Waals surface area (Å²) in [6, 6.07) is 11.5. The smallest absolute Gasteiger partial charge is 0.410 e. The van der Waals surface area contributed by atoms with E-state index in [4.69, 9.17) is 14.5 Å². The Morgan fingerprint density at radius 1 is 1.09 bits per heavy atom. The van der Waals surface area contributed by atoms with E-state index in [1.54, 1.807) is 4.90 Å². The second-order valence-corrected chi connectivity index (χ2v) is 11.1. The van der Waals surface area contributed by atoms with E-state index in [1.165, 1.54) is 0 Å². The fourth-order valence-corrected chi connectivity index (χ4v) is 5.11. The number of ether oxygens (including phenoxy) is 2. The highest BCUT2D eigenvalue weighted by molar-refractivity contribution is 9.11. The zero-order valence-electron chi connectivity index (χ0n) is 19.6. The standard InChI is InChI=1S/C24H27Br2N5O3/c1-15-22(20-6-5-7-21(27-20)33-19-13-16(25)12-17(26)14-19)31(29-28-15)18-8-10-30(11-9-18)23(32)34-24(2,3)4/h5-7,12-14,18H,8-11H2,1-4H3. The van der Waals surface area contributed by atoms with E-state index >= 15 is 0 Å². The lowest BCUT2D eigenvalue weighted by Crippen LogP contribution is -2.42. The zero-order chi connectivity index (χ0) is 24.5. The molecule has 2 aromatic heterocycles. The molecule has 0 bridgehead atoms. The fraction of sp³-hybridized carbons (Fsp3) is 0.417. The van der Waals surface area contributed by atoms with Crippen LogP contribution in [0.4, 0.5) is 4.79 Å². The molecule has 0 N–H and O–H groups in total. The third-order valence-electron chi connectivity index (χ3n) is 5.35. The minimum absolute atomic E-state index is 0.113. The summed E-state index contributed by atoms with van der Waals surface area (Å²) in [5.74, 6) is 1.15. The number of likely N-dealkylation sites (tertiary alicyclic amines) is 1. The van der Waals surface area contributed by atoms with Crippen LogP contribution in [0.1, 0.15) is 45.3 Å². The molecule has 1 aromatic carbocycles. The van der Waals surface area contributed by atoms with Crippen molar-refractivity contribution in [1.82, 2.24) is 24.9 Å². The van der Waals surface area contributed by atoms with Gasteiger partial charge in [-0.05, 0) is 64.8 Å². The first kappa shape index (κ1) is 24.7. The maximum Gasteiger partial charge on any atom is 0.410 e. The van der Waals surface area contributed by atoms with Crippen molar-refractivity contribution in [3.8, 4) is 23.0 Å². The molecule has 1 aliphatic heterocycles. The van der Waals surface area contributed by atoms with E-state index in [9.17, 15) is 4.79 Å². The first-order chi connectivity index (χ1) is 16.1. The maximum absolute atomic E-state index is 12.4. The SMILES string of the molecule is Cc1nnn(C2CCN(C(=O)OC(C)(C)C)CC2)c1-c1cccc(Oc2cc(Br)cc(Br)c2)n1. The van der Waals surface area contributed by atoms with Crippen molar-refractivity contribution in [1.29, 1.82) is 0 Å². The lowest BCUT2D eigenvalue weighted by molar-refractivity contribution is 0.0185. The number of aryl methyl sites for hydroxylation is 1. The zero-order valence-corrected chi connectivity index (χ0v) is 22.8.